The first kappa shape index (κ1) is 13.1. The molecule has 1 heterocycles. The molecular weight excluding hydrogens is 296 g/mol. The van der Waals surface area contributed by atoms with E-state index in [-0.39, 0.29) is 11.9 Å². The molecule has 0 saturated heterocycles. The van der Waals surface area contributed by atoms with Crippen LogP contribution >= 0.6 is 15.9 Å². The van der Waals surface area contributed by atoms with Crippen LogP contribution in [0.5, 0.6) is 0 Å². The molecule has 2 aromatic rings. The van der Waals surface area contributed by atoms with Crippen LogP contribution in [0.2, 0.25) is 0 Å². The van der Waals surface area contributed by atoms with E-state index in [1.54, 1.807) is 6.92 Å². The average molecular weight is 311 g/mol. The second-order valence-electron chi connectivity index (χ2n) is 4.36. The van der Waals surface area contributed by atoms with Crippen LogP contribution < -0.4 is 0 Å². The molecule has 0 fully saturated rings. The first-order chi connectivity index (χ1) is 8.54. The fourth-order valence-electron chi connectivity index (χ4n) is 1.91. The number of carbonyl (C=O) groups is 1. The van der Waals surface area contributed by atoms with Crippen LogP contribution in [-0.4, -0.2) is 12.6 Å². The Morgan fingerprint density at radius 1 is 1.44 bits per heavy atom. The lowest BCUT2D eigenvalue weighted by Gasteiger charge is -2.05. The molecule has 0 aliphatic rings. The lowest BCUT2D eigenvalue weighted by Crippen LogP contribution is -2.07. The molecule has 0 amide bonds. The van der Waals surface area contributed by atoms with Crippen molar-refractivity contribution < 1.29 is 13.9 Å². The number of esters is 1. The predicted molar refractivity (Wildman–Crippen MR) is 74.0 cm³/mol. The van der Waals surface area contributed by atoms with Gasteiger partial charge in [0.1, 0.15) is 16.9 Å². The number of rotatable bonds is 3. The summed E-state index contributed by atoms with van der Waals surface area (Å²) in [6.07, 6.45) is 0. The maximum Gasteiger partial charge on any atom is 0.342 e. The molecule has 2 rings (SSSR count). The van der Waals surface area contributed by atoms with E-state index in [9.17, 15) is 4.79 Å². The maximum absolute atomic E-state index is 12.1. The quantitative estimate of drug-likeness (QED) is 0.784. The minimum atomic E-state index is -0.321. The number of hydrogen-bond acceptors (Lipinski definition) is 3. The minimum absolute atomic E-state index is 0.135. The highest BCUT2D eigenvalue weighted by Gasteiger charge is 2.23. The van der Waals surface area contributed by atoms with Gasteiger partial charge in [0.2, 0.25) is 0 Å². The largest absolute Gasteiger partial charge is 0.462 e. The van der Waals surface area contributed by atoms with Crippen LogP contribution in [0.25, 0.3) is 11.0 Å². The van der Waals surface area contributed by atoms with Crippen molar-refractivity contribution in [2.45, 2.75) is 26.7 Å². The molecule has 4 heteroatoms. The summed E-state index contributed by atoms with van der Waals surface area (Å²) in [4.78, 5) is 12.1. The van der Waals surface area contributed by atoms with Gasteiger partial charge in [0.15, 0.2) is 0 Å². The molecule has 0 aliphatic heterocycles. The van der Waals surface area contributed by atoms with Gasteiger partial charge in [0.05, 0.1) is 6.61 Å². The molecule has 18 heavy (non-hydrogen) atoms. The normalized spacial score (nSPS) is 11.2. The predicted octanol–water partition coefficient (Wildman–Crippen LogP) is 4.50. The zero-order chi connectivity index (χ0) is 13.3. The van der Waals surface area contributed by atoms with Crippen molar-refractivity contribution in [2.24, 2.45) is 0 Å². The van der Waals surface area contributed by atoms with Gasteiger partial charge in [0, 0.05) is 15.8 Å². The first-order valence-corrected chi connectivity index (χ1v) is 6.73. The molecule has 1 aromatic carbocycles. The molecule has 96 valence electrons. The highest BCUT2D eigenvalue weighted by molar-refractivity contribution is 9.10. The summed E-state index contributed by atoms with van der Waals surface area (Å²) in [6, 6.07) is 5.63. The van der Waals surface area contributed by atoms with E-state index in [0.717, 1.165) is 9.86 Å². The van der Waals surface area contributed by atoms with Crippen LogP contribution in [0.1, 0.15) is 42.8 Å². The number of furan rings is 1. The van der Waals surface area contributed by atoms with Crippen molar-refractivity contribution in [3.05, 3.63) is 34.0 Å². The molecule has 0 unspecified atom stereocenters. The standard InChI is InChI=1S/C14H15BrO3/c1-4-17-14(16)12-10-7-9(15)5-6-11(10)18-13(12)8(2)3/h5-8H,4H2,1-3H3. The summed E-state index contributed by atoms with van der Waals surface area (Å²) in [7, 11) is 0. The fraction of sp³-hybridized carbons (Fsp3) is 0.357. The number of carbonyl (C=O) groups excluding carboxylic acids is 1. The zero-order valence-electron chi connectivity index (χ0n) is 10.6. The summed E-state index contributed by atoms with van der Waals surface area (Å²) in [5.74, 6) is 0.496. The lowest BCUT2D eigenvalue weighted by molar-refractivity contribution is 0.0525. The molecule has 0 spiro atoms. The van der Waals surface area contributed by atoms with Crippen molar-refractivity contribution in [1.29, 1.82) is 0 Å². The van der Waals surface area contributed by atoms with Crippen molar-refractivity contribution in [1.82, 2.24) is 0 Å². The summed E-state index contributed by atoms with van der Waals surface area (Å²) in [6.45, 7) is 6.15. The van der Waals surface area contributed by atoms with Gasteiger partial charge in [0.25, 0.3) is 0 Å². The van der Waals surface area contributed by atoms with Gasteiger partial charge in [-0.2, -0.15) is 0 Å². The molecule has 0 bridgehead atoms. The van der Waals surface area contributed by atoms with Gasteiger partial charge in [-0.15, -0.1) is 0 Å². The Bertz CT molecular complexity index is 584. The third kappa shape index (κ3) is 2.29. The fourth-order valence-corrected chi connectivity index (χ4v) is 2.27. The molecule has 0 N–H and O–H groups in total. The molecule has 3 nitrogen and oxygen atoms in total. The topological polar surface area (TPSA) is 39.4 Å². The number of benzene rings is 1. The van der Waals surface area contributed by atoms with Crippen LogP contribution in [0.15, 0.2) is 27.1 Å². The Morgan fingerprint density at radius 3 is 2.78 bits per heavy atom. The molecular formula is C14H15BrO3. The highest BCUT2D eigenvalue weighted by Crippen LogP contribution is 2.33. The zero-order valence-corrected chi connectivity index (χ0v) is 12.2. The van der Waals surface area contributed by atoms with Gasteiger partial charge in [-0.3, -0.25) is 0 Å². The minimum Gasteiger partial charge on any atom is -0.462 e. The van der Waals surface area contributed by atoms with Crippen LogP contribution in [0, 0.1) is 0 Å². The van der Waals surface area contributed by atoms with E-state index in [1.165, 1.54) is 0 Å². The molecule has 0 atom stereocenters. The third-order valence-corrected chi connectivity index (χ3v) is 3.17. The molecule has 0 radical (unpaired) electrons. The number of fused-ring (bicyclic) bond motifs is 1. The van der Waals surface area contributed by atoms with Gasteiger partial charge >= 0.3 is 5.97 Å². The second-order valence-corrected chi connectivity index (χ2v) is 5.27. The number of ether oxygens (including phenoxy) is 1. The smallest absolute Gasteiger partial charge is 0.342 e. The lowest BCUT2D eigenvalue weighted by atomic mass is 10.0. The average Bonchev–Trinajstić information content (AvgIpc) is 2.67. The van der Waals surface area contributed by atoms with Crippen LogP contribution in [0.3, 0.4) is 0 Å². The van der Waals surface area contributed by atoms with Crippen molar-refractivity contribution in [3.63, 3.8) is 0 Å². The van der Waals surface area contributed by atoms with Crippen LogP contribution in [0.4, 0.5) is 0 Å². The molecule has 1 aromatic heterocycles. The maximum atomic E-state index is 12.1. The van der Waals surface area contributed by atoms with E-state index in [1.807, 2.05) is 32.0 Å². The Hall–Kier alpha value is -1.29. The first-order valence-electron chi connectivity index (χ1n) is 5.93. The van der Waals surface area contributed by atoms with Crippen LogP contribution in [-0.2, 0) is 4.74 Å². The Morgan fingerprint density at radius 2 is 2.17 bits per heavy atom. The SMILES string of the molecule is CCOC(=O)c1c(C(C)C)oc2ccc(Br)cc12. The van der Waals surface area contributed by atoms with Gasteiger partial charge in [-0.25, -0.2) is 4.79 Å². The van der Waals surface area contributed by atoms with E-state index in [4.69, 9.17) is 9.15 Å². The Labute approximate surface area is 114 Å². The summed E-state index contributed by atoms with van der Waals surface area (Å²) >= 11 is 3.41. The van der Waals surface area contributed by atoms with Crippen molar-refractivity contribution in [3.8, 4) is 0 Å². The van der Waals surface area contributed by atoms with Crippen molar-refractivity contribution in [2.75, 3.05) is 6.61 Å². The van der Waals surface area contributed by atoms with Gasteiger partial charge < -0.3 is 9.15 Å². The number of hydrogen-bond donors (Lipinski definition) is 0. The van der Waals surface area contributed by atoms with Gasteiger partial charge in [-0.05, 0) is 25.1 Å². The monoisotopic (exact) mass is 310 g/mol. The third-order valence-electron chi connectivity index (χ3n) is 2.68. The van der Waals surface area contributed by atoms with Gasteiger partial charge in [-0.1, -0.05) is 29.8 Å². The van der Waals surface area contributed by atoms with E-state index < -0.39 is 0 Å². The summed E-state index contributed by atoms with van der Waals surface area (Å²) < 4.78 is 11.8. The second kappa shape index (κ2) is 5.14. The van der Waals surface area contributed by atoms with E-state index in [0.29, 0.717) is 23.5 Å². The number of halogens is 1. The Balaban J connectivity index is 2.68. The summed E-state index contributed by atoms with van der Waals surface area (Å²) in [5, 5.41) is 0.798. The molecule has 0 saturated carbocycles. The highest BCUT2D eigenvalue weighted by atomic mass is 79.9. The van der Waals surface area contributed by atoms with E-state index >= 15 is 0 Å². The van der Waals surface area contributed by atoms with E-state index in [2.05, 4.69) is 15.9 Å². The molecule has 0 aliphatic carbocycles. The van der Waals surface area contributed by atoms with Crippen molar-refractivity contribution >= 4 is 32.9 Å². The summed E-state index contributed by atoms with van der Waals surface area (Å²) in [5.41, 5.74) is 1.26. The Kier molecular flexibility index (Phi) is 3.76.